The highest BCUT2D eigenvalue weighted by molar-refractivity contribution is 6.02. The van der Waals surface area contributed by atoms with Crippen LogP contribution in [-0.4, -0.2) is 20.9 Å². The third-order valence-electron chi connectivity index (χ3n) is 2.90. The maximum atomic E-state index is 11.8. The number of imidazole rings is 1. The third kappa shape index (κ3) is 2.56. The SMILES string of the molecule is O=C(Nc1ccc(-c2ccncc2)cc1)c1cnc[nH]1. The Hall–Kier alpha value is -2.95. The molecule has 1 aromatic carbocycles. The molecule has 2 heterocycles. The Morgan fingerprint density at radius 1 is 0.950 bits per heavy atom. The molecule has 0 aliphatic carbocycles. The Morgan fingerprint density at radius 2 is 1.65 bits per heavy atom. The summed E-state index contributed by atoms with van der Waals surface area (Å²) in [5.41, 5.74) is 3.34. The molecule has 0 saturated heterocycles. The topological polar surface area (TPSA) is 70.7 Å². The van der Waals surface area contributed by atoms with E-state index in [2.05, 4.69) is 20.3 Å². The molecule has 5 nitrogen and oxygen atoms in total. The first-order valence-corrected chi connectivity index (χ1v) is 6.13. The van der Waals surface area contributed by atoms with E-state index in [-0.39, 0.29) is 5.91 Å². The lowest BCUT2D eigenvalue weighted by Gasteiger charge is -2.05. The summed E-state index contributed by atoms with van der Waals surface area (Å²) in [6, 6.07) is 11.5. The highest BCUT2D eigenvalue weighted by atomic mass is 16.1. The number of rotatable bonds is 3. The Labute approximate surface area is 115 Å². The number of aromatic nitrogens is 3. The number of hydrogen-bond donors (Lipinski definition) is 2. The number of benzene rings is 1. The molecule has 0 fully saturated rings. The van der Waals surface area contributed by atoms with Gasteiger partial charge in [0.1, 0.15) is 5.69 Å². The molecular formula is C15H12N4O. The number of amides is 1. The molecule has 0 radical (unpaired) electrons. The van der Waals surface area contributed by atoms with E-state index in [1.807, 2.05) is 36.4 Å². The lowest BCUT2D eigenvalue weighted by molar-refractivity contribution is 0.102. The monoisotopic (exact) mass is 264 g/mol. The van der Waals surface area contributed by atoms with Crippen LogP contribution < -0.4 is 5.32 Å². The quantitative estimate of drug-likeness (QED) is 0.764. The summed E-state index contributed by atoms with van der Waals surface area (Å²) in [7, 11) is 0. The number of aromatic amines is 1. The van der Waals surface area contributed by atoms with Crippen LogP contribution in [0.4, 0.5) is 5.69 Å². The summed E-state index contributed by atoms with van der Waals surface area (Å²) in [6.07, 6.45) is 6.47. The molecule has 98 valence electrons. The minimum atomic E-state index is -0.209. The first-order chi connectivity index (χ1) is 9.83. The van der Waals surface area contributed by atoms with Crippen LogP contribution in [0, 0.1) is 0 Å². The van der Waals surface area contributed by atoms with Crippen molar-refractivity contribution in [1.29, 1.82) is 0 Å². The first kappa shape index (κ1) is 12.1. The van der Waals surface area contributed by atoms with Crippen molar-refractivity contribution >= 4 is 11.6 Å². The summed E-state index contributed by atoms with van der Waals surface area (Å²) in [4.78, 5) is 22.4. The highest BCUT2D eigenvalue weighted by Gasteiger charge is 2.06. The summed E-state index contributed by atoms with van der Waals surface area (Å²) in [5.74, 6) is -0.209. The van der Waals surface area contributed by atoms with E-state index in [0.717, 1.165) is 16.8 Å². The molecule has 0 atom stereocenters. The number of carbonyl (C=O) groups excluding carboxylic acids is 1. The van der Waals surface area contributed by atoms with Crippen LogP contribution in [0.25, 0.3) is 11.1 Å². The molecule has 0 aliphatic rings. The Balaban J connectivity index is 1.75. The van der Waals surface area contributed by atoms with Gasteiger partial charge in [-0.05, 0) is 35.4 Å². The van der Waals surface area contributed by atoms with Crippen molar-refractivity contribution in [1.82, 2.24) is 15.0 Å². The van der Waals surface area contributed by atoms with E-state index < -0.39 is 0 Å². The van der Waals surface area contributed by atoms with Crippen molar-refractivity contribution < 1.29 is 4.79 Å². The van der Waals surface area contributed by atoms with Crippen molar-refractivity contribution in [2.75, 3.05) is 5.32 Å². The van der Waals surface area contributed by atoms with Crippen molar-refractivity contribution in [2.24, 2.45) is 0 Å². The van der Waals surface area contributed by atoms with Gasteiger partial charge in [-0.2, -0.15) is 0 Å². The van der Waals surface area contributed by atoms with Gasteiger partial charge in [-0.1, -0.05) is 12.1 Å². The van der Waals surface area contributed by atoms with Gasteiger partial charge in [-0.25, -0.2) is 4.98 Å². The van der Waals surface area contributed by atoms with Crippen LogP contribution in [0.2, 0.25) is 0 Å². The van der Waals surface area contributed by atoms with Gasteiger partial charge in [0.2, 0.25) is 0 Å². The molecule has 0 spiro atoms. The molecule has 20 heavy (non-hydrogen) atoms. The predicted molar refractivity (Wildman–Crippen MR) is 76.2 cm³/mol. The van der Waals surface area contributed by atoms with Crippen LogP contribution in [0.3, 0.4) is 0 Å². The van der Waals surface area contributed by atoms with Gasteiger partial charge in [0.15, 0.2) is 0 Å². The molecule has 0 unspecified atom stereocenters. The standard InChI is InChI=1S/C15H12N4O/c20-15(14-9-17-10-18-14)19-13-3-1-11(2-4-13)12-5-7-16-8-6-12/h1-10H,(H,17,18)(H,19,20). The minimum Gasteiger partial charge on any atom is -0.341 e. The van der Waals surface area contributed by atoms with E-state index in [9.17, 15) is 4.79 Å². The van der Waals surface area contributed by atoms with Gasteiger partial charge in [0, 0.05) is 18.1 Å². The molecular weight excluding hydrogens is 252 g/mol. The van der Waals surface area contributed by atoms with Gasteiger partial charge in [-0.3, -0.25) is 9.78 Å². The molecule has 5 heteroatoms. The van der Waals surface area contributed by atoms with Gasteiger partial charge in [-0.15, -0.1) is 0 Å². The van der Waals surface area contributed by atoms with Crippen LogP contribution in [0.5, 0.6) is 0 Å². The van der Waals surface area contributed by atoms with Gasteiger partial charge >= 0.3 is 0 Å². The maximum Gasteiger partial charge on any atom is 0.273 e. The van der Waals surface area contributed by atoms with Gasteiger partial charge < -0.3 is 10.3 Å². The summed E-state index contributed by atoms with van der Waals surface area (Å²) >= 11 is 0. The number of carbonyl (C=O) groups is 1. The second-order valence-corrected chi connectivity index (χ2v) is 4.23. The molecule has 2 N–H and O–H groups in total. The number of H-pyrrole nitrogens is 1. The third-order valence-corrected chi connectivity index (χ3v) is 2.90. The zero-order valence-electron chi connectivity index (χ0n) is 10.6. The number of hydrogen-bond acceptors (Lipinski definition) is 3. The van der Waals surface area contributed by atoms with Crippen LogP contribution in [-0.2, 0) is 0 Å². The Kier molecular flexibility index (Phi) is 3.24. The Bertz CT molecular complexity index is 691. The lowest BCUT2D eigenvalue weighted by atomic mass is 10.1. The molecule has 0 aliphatic heterocycles. The molecule has 1 amide bonds. The normalized spacial score (nSPS) is 10.2. The molecule has 0 saturated carbocycles. The van der Waals surface area contributed by atoms with E-state index in [4.69, 9.17) is 0 Å². The number of nitrogens with zero attached hydrogens (tertiary/aromatic N) is 2. The van der Waals surface area contributed by atoms with Gasteiger partial charge in [0.05, 0.1) is 12.5 Å². The fraction of sp³-hybridized carbons (Fsp3) is 0. The van der Waals surface area contributed by atoms with Crippen molar-refractivity contribution in [3.63, 3.8) is 0 Å². The number of nitrogens with one attached hydrogen (secondary N) is 2. The number of pyridine rings is 1. The average Bonchev–Trinajstić information content (AvgIpc) is 3.03. The van der Waals surface area contributed by atoms with Gasteiger partial charge in [0.25, 0.3) is 5.91 Å². The second-order valence-electron chi connectivity index (χ2n) is 4.23. The van der Waals surface area contributed by atoms with E-state index in [0.29, 0.717) is 5.69 Å². The van der Waals surface area contributed by atoms with E-state index in [1.165, 1.54) is 12.5 Å². The van der Waals surface area contributed by atoms with Crippen LogP contribution in [0.15, 0.2) is 61.3 Å². The van der Waals surface area contributed by atoms with E-state index >= 15 is 0 Å². The second kappa shape index (κ2) is 5.36. The Morgan fingerprint density at radius 3 is 2.30 bits per heavy atom. The fourth-order valence-corrected chi connectivity index (χ4v) is 1.87. The largest absolute Gasteiger partial charge is 0.341 e. The smallest absolute Gasteiger partial charge is 0.273 e. The van der Waals surface area contributed by atoms with Crippen LogP contribution >= 0.6 is 0 Å². The maximum absolute atomic E-state index is 11.8. The number of anilines is 1. The van der Waals surface area contributed by atoms with Crippen molar-refractivity contribution in [3.8, 4) is 11.1 Å². The van der Waals surface area contributed by atoms with Crippen LogP contribution in [0.1, 0.15) is 10.5 Å². The zero-order chi connectivity index (χ0) is 13.8. The van der Waals surface area contributed by atoms with Crippen molar-refractivity contribution in [3.05, 3.63) is 67.0 Å². The fourth-order valence-electron chi connectivity index (χ4n) is 1.87. The summed E-state index contributed by atoms with van der Waals surface area (Å²) in [6.45, 7) is 0. The molecule has 3 aromatic rings. The summed E-state index contributed by atoms with van der Waals surface area (Å²) < 4.78 is 0. The highest BCUT2D eigenvalue weighted by Crippen LogP contribution is 2.20. The lowest BCUT2D eigenvalue weighted by Crippen LogP contribution is -2.11. The summed E-state index contributed by atoms with van der Waals surface area (Å²) in [5, 5.41) is 2.80. The molecule has 3 rings (SSSR count). The van der Waals surface area contributed by atoms with Crippen molar-refractivity contribution in [2.45, 2.75) is 0 Å². The average molecular weight is 264 g/mol. The molecule has 2 aromatic heterocycles. The first-order valence-electron chi connectivity index (χ1n) is 6.13. The minimum absolute atomic E-state index is 0.209. The zero-order valence-corrected chi connectivity index (χ0v) is 10.6. The predicted octanol–water partition coefficient (Wildman–Crippen LogP) is 2.72. The van der Waals surface area contributed by atoms with E-state index in [1.54, 1.807) is 12.4 Å². The molecule has 0 bridgehead atoms.